The number of rotatable bonds is 4. The lowest BCUT2D eigenvalue weighted by Gasteiger charge is -2.11. The third kappa shape index (κ3) is 3.58. The van der Waals surface area contributed by atoms with Gasteiger partial charge >= 0.3 is 12.0 Å². The maximum atomic E-state index is 12.7. The molecule has 1 saturated heterocycles. The average Bonchev–Trinajstić information content (AvgIpc) is 3.26. The zero-order chi connectivity index (χ0) is 21.4. The molecule has 0 bridgehead atoms. The van der Waals surface area contributed by atoms with Crippen LogP contribution in [0, 0.1) is 6.92 Å². The van der Waals surface area contributed by atoms with Crippen molar-refractivity contribution in [3.63, 3.8) is 0 Å². The number of urea groups is 1. The van der Waals surface area contributed by atoms with Crippen molar-refractivity contribution in [3.8, 4) is 11.3 Å². The molecule has 7 nitrogen and oxygen atoms in total. The van der Waals surface area contributed by atoms with Gasteiger partial charge in [-0.2, -0.15) is 0 Å². The summed E-state index contributed by atoms with van der Waals surface area (Å²) < 4.78 is 5.79. The number of imide groups is 1. The molecule has 1 aliphatic heterocycles. The molecule has 0 atom stereocenters. The number of carboxylic acid groups (broad SMARTS) is 1. The predicted octanol–water partition coefficient (Wildman–Crippen LogP) is 4.70. The number of carbonyl (C=O) groups is 3. The summed E-state index contributed by atoms with van der Waals surface area (Å²) in [6.45, 7) is 1.78. The number of furan rings is 1. The molecule has 30 heavy (non-hydrogen) atoms. The highest BCUT2D eigenvalue weighted by atomic mass is 35.5. The van der Waals surface area contributed by atoms with Crippen LogP contribution in [0.25, 0.3) is 17.4 Å². The van der Waals surface area contributed by atoms with Crippen molar-refractivity contribution < 1.29 is 23.9 Å². The second-order valence-corrected chi connectivity index (χ2v) is 7.08. The van der Waals surface area contributed by atoms with Crippen molar-refractivity contribution in [2.24, 2.45) is 0 Å². The minimum Gasteiger partial charge on any atom is -0.478 e. The minimum absolute atomic E-state index is 0.0684. The van der Waals surface area contributed by atoms with Crippen molar-refractivity contribution >= 4 is 41.3 Å². The van der Waals surface area contributed by atoms with Gasteiger partial charge in [-0.25, -0.2) is 14.5 Å². The van der Waals surface area contributed by atoms with Gasteiger partial charge in [0.05, 0.1) is 11.3 Å². The summed E-state index contributed by atoms with van der Waals surface area (Å²) >= 11 is 5.95. The maximum Gasteiger partial charge on any atom is 0.335 e. The maximum absolute atomic E-state index is 12.7. The number of aromatic carboxylic acids is 1. The summed E-state index contributed by atoms with van der Waals surface area (Å²) in [5.74, 6) is -0.653. The highest BCUT2D eigenvalue weighted by Crippen LogP contribution is 2.29. The molecule has 150 valence electrons. The van der Waals surface area contributed by atoms with Crippen LogP contribution >= 0.6 is 11.6 Å². The first-order valence-corrected chi connectivity index (χ1v) is 9.28. The lowest BCUT2D eigenvalue weighted by Crippen LogP contribution is -2.30. The van der Waals surface area contributed by atoms with Gasteiger partial charge in [-0.3, -0.25) is 4.79 Å². The van der Waals surface area contributed by atoms with Crippen LogP contribution in [0.2, 0.25) is 5.02 Å². The van der Waals surface area contributed by atoms with E-state index in [4.69, 9.17) is 21.1 Å². The summed E-state index contributed by atoms with van der Waals surface area (Å²) in [6.07, 6.45) is 1.44. The second-order valence-electron chi connectivity index (χ2n) is 6.65. The van der Waals surface area contributed by atoms with Gasteiger partial charge in [-0.1, -0.05) is 23.7 Å². The van der Waals surface area contributed by atoms with Crippen molar-refractivity contribution in [2.75, 3.05) is 4.90 Å². The van der Waals surface area contributed by atoms with Crippen LogP contribution in [0.1, 0.15) is 21.7 Å². The number of nitrogens with zero attached hydrogens (tertiary/aromatic N) is 1. The van der Waals surface area contributed by atoms with E-state index in [-0.39, 0.29) is 11.3 Å². The second kappa shape index (κ2) is 7.53. The lowest BCUT2D eigenvalue weighted by atomic mass is 10.0. The first-order chi connectivity index (χ1) is 14.3. The van der Waals surface area contributed by atoms with Gasteiger partial charge in [0.2, 0.25) is 0 Å². The molecule has 0 saturated carbocycles. The first kappa shape index (κ1) is 19.5. The van der Waals surface area contributed by atoms with E-state index >= 15 is 0 Å². The molecule has 0 unspecified atom stereocenters. The number of aryl methyl sites for hydroxylation is 1. The molecule has 3 amide bonds. The van der Waals surface area contributed by atoms with Gasteiger partial charge in [0.1, 0.15) is 17.2 Å². The molecule has 1 aromatic heterocycles. The van der Waals surface area contributed by atoms with E-state index in [1.165, 1.54) is 18.2 Å². The number of anilines is 1. The molecule has 2 heterocycles. The number of nitrogens with one attached hydrogen (secondary N) is 1. The van der Waals surface area contributed by atoms with Crippen molar-refractivity contribution in [1.82, 2.24) is 5.32 Å². The van der Waals surface area contributed by atoms with Gasteiger partial charge in [0.15, 0.2) is 0 Å². The highest BCUT2D eigenvalue weighted by Gasteiger charge is 2.35. The first-order valence-electron chi connectivity index (χ1n) is 8.90. The number of carboxylic acids is 1. The largest absolute Gasteiger partial charge is 0.478 e. The monoisotopic (exact) mass is 422 g/mol. The van der Waals surface area contributed by atoms with E-state index in [9.17, 15) is 14.4 Å². The number of hydrogen-bond acceptors (Lipinski definition) is 4. The van der Waals surface area contributed by atoms with Gasteiger partial charge < -0.3 is 14.8 Å². The Bertz CT molecular complexity index is 1230. The molecule has 1 aliphatic rings. The molecular weight excluding hydrogens is 408 g/mol. The molecule has 0 radical (unpaired) electrons. The summed E-state index contributed by atoms with van der Waals surface area (Å²) in [5, 5.41) is 12.0. The number of amides is 3. The van der Waals surface area contributed by atoms with Gasteiger partial charge in [-0.05, 0) is 55.0 Å². The van der Waals surface area contributed by atoms with Crippen LogP contribution in [0.3, 0.4) is 0 Å². The molecule has 1 fully saturated rings. The van der Waals surface area contributed by atoms with Gasteiger partial charge in [-0.15, -0.1) is 0 Å². The third-order valence-corrected chi connectivity index (χ3v) is 4.83. The summed E-state index contributed by atoms with van der Waals surface area (Å²) in [7, 11) is 0. The fraction of sp³-hybridized carbons (Fsp3) is 0.0455. The summed E-state index contributed by atoms with van der Waals surface area (Å²) in [4.78, 5) is 37.1. The fourth-order valence-corrected chi connectivity index (χ4v) is 3.36. The third-order valence-electron chi connectivity index (χ3n) is 4.60. The number of halogens is 1. The van der Waals surface area contributed by atoms with Gasteiger partial charge in [0.25, 0.3) is 5.91 Å². The van der Waals surface area contributed by atoms with E-state index < -0.39 is 17.9 Å². The Morgan fingerprint density at radius 3 is 2.63 bits per heavy atom. The highest BCUT2D eigenvalue weighted by molar-refractivity contribution is 6.32. The van der Waals surface area contributed by atoms with E-state index in [1.807, 2.05) is 0 Å². The Morgan fingerprint density at radius 1 is 1.13 bits per heavy atom. The Labute approximate surface area is 176 Å². The average molecular weight is 423 g/mol. The molecule has 4 rings (SSSR count). The number of carbonyl (C=O) groups excluding carboxylic acids is 2. The Morgan fingerprint density at radius 2 is 1.93 bits per heavy atom. The quantitative estimate of drug-likeness (QED) is 0.468. The van der Waals surface area contributed by atoms with Crippen LogP contribution in [0.15, 0.2) is 64.7 Å². The van der Waals surface area contributed by atoms with Crippen molar-refractivity contribution in [3.05, 3.63) is 82.2 Å². The SMILES string of the molecule is Cc1cc(C(=O)O)ccc1-c1ccc(/C=C2\NC(=O)N(c3cccc(Cl)c3)C2=O)o1. The van der Waals surface area contributed by atoms with Crippen molar-refractivity contribution in [2.45, 2.75) is 6.92 Å². The van der Waals surface area contributed by atoms with E-state index in [0.717, 1.165) is 16.0 Å². The summed E-state index contributed by atoms with van der Waals surface area (Å²) in [6, 6.07) is 13.9. The predicted molar refractivity (Wildman–Crippen MR) is 111 cm³/mol. The smallest absolute Gasteiger partial charge is 0.335 e. The van der Waals surface area contributed by atoms with E-state index in [2.05, 4.69) is 5.32 Å². The van der Waals surface area contributed by atoms with E-state index in [1.54, 1.807) is 49.4 Å². The van der Waals surface area contributed by atoms with Crippen molar-refractivity contribution in [1.29, 1.82) is 0 Å². The summed E-state index contributed by atoms with van der Waals surface area (Å²) in [5.41, 5.74) is 2.08. The molecule has 2 aromatic carbocycles. The molecule has 3 aromatic rings. The molecular formula is C22H15ClN2O5. The normalized spacial score (nSPS) is 15.0. The Kier molecular flexibility index (Phi) is 4.89. The topological polar surface area (TPSA) is 99.9 Å². The van der Waals surface area contributed by atoms with Crippen LogP contribution in [-0.4, -0.2) is 23.0 Å². The molecule has 0 spiro atoms. The fourth-order valence-electron chi connectivity index (χ4n) is 3.18. The molecule has 8 heteroatoms. The number of benzene rings is 2. The standard InChI is InChI=1S/C22H15ClN2O5/c1-12-9-13(21(27)28)5-7-17(12)19-8-6-16(30-19)11-18-20(26)25(22(29)24-18)15-4-2-3-14(23)10-15/h2-11H,1H3,(H,24,29)(H,27,28)/b18-11-. The molecule has 2 N–H and O–H groups in total. The van der Waals surface area contributed by atoms with E-state index in [0.29, 0.717) is 22.2 Å². The van der Waals surface area contributed by atoms with Crippen LogP contribution in [0.5, 0.6) is 0 Å². The van der Waals surface area contributed by atoms with Gasteiger partial charge in [0, 0.05) is 16.7 Å². The Balaban J connectivity index is 1.61. The number of hydrogen-bond donors (Lipinski definition) is 2. The zero-order valence-electron chi connectivity index (χ0n) is 15.7. The van der Waals surface area contributed by atoms with Crippen LogP contribution < -0.4 is 10.2 Å². The lowest BCUT2D eigenvalue weighted by molar-refractivity contribution is -0.113. The molecule has 0 aliphatic carbocycles. The van der Waals surface area contributed by atoms with Crippen LogP contribution in [-0.2, 0) is 4.79 Å². The minimum atomic E-state index is -1.01. The zero-order valence-corrected chi connectivity index (χ0v) is 16.4. The van der Waals surface area contributed by atoms with Crippen LogP contribution in [0.4, 0.5) is 10.5 Å². The Hall–Kier alpha value is -3.84.